The molecular formula is C16H16ClNO3S. The Morgan fingerprint density at radius 2 is 2.32 bits per heavy atom. The maximum Gasteiger partial charge on any atom is 0.265 e. The molecule has 22 heavy (non-hydrogen) atoms. The molecule has 2 heterocycles. The van der Waals surface area contributed by atoms with Crippen LogP contribution in [0.2, 0.25) is 5.02 Å². The quantitative estimate of drug-likeness (QED) is 0.889. The zero-order valence-corrected chi connectivity index (χ0v) is 13.5. The number of halogens is 1. The zero-order chi connectivity index (χ0) is 15.4. The Morgan fingerprint density at radius 3 is 3.05 bits per heavy atom. The normalized spacial score (nSPS) is 17.4. The molecule has 0 bridgehead atoms. The van der Waals surface area contributed by atoms with Crippen LogP contribution in [0.5, 0.6) is 5.75 Å². The molecule has 1 aliphatic heterocycles. The Balaban J connectivity index is 1.72. The van der Waals surface area contributed by atoms with Gasteiger partial charge in [-0.1, -0.05) is 23.7 Å². The summed E-state index contributed by atoms with van der Waals surface area (Å²) in [6.45, 7) is 1.21. The van der Waals surface area contributed by atoms with E-state index in [2.05, 4.69) is 5.32 Å². The summed E-state index contributed by atoms with van der Waals surface area (Å²) < 4.78 is 11.3. The Kier molecular flexibility index (Phi) is 4.97. The Morgan fingerprint density at radius 1 is 1.41 bits per heavy atom. The van der Waals surface area contributed by atoms with Gasteiger partial charge >= 0.3 is 0 Å². The van der Waals surface area contributed by atoms with Crippen molar-refractivity contribution >= 4 is 34.5 Å². The van der Waals surface area contributed by atoms with Gasteiger partial charge in [-0.3, -0.25) is 4.79 Å². The molecule has 1 aromatic carbocycles. The van der Waals surface area contributed by atoms with E-state index in [1.165, 1.54) is 11.3 Å². The van der Waals surface area contributed by atoms with Crippen molar-refractivity contribution in [3.05, 3.63) is 45.6 Å². The van der Waals surface area contributed by atoms with Gasteiger partial charge in [-0.2, -0.15) is 0 Å². The lowest BCUT2D eigenvalue weighted by atomic mass is 10.2. The summed E-state index contributed by atoms with van der Waals surface area (Å²) in [5.41, 5.74) is 0.573. The predicted octanol–water partition coefficient (Wildman–Crippen LogP) is 4.21. The van der Waals surface area contributed by atoms with E-state index in [1.54, 1.807) is 24.3 Å². The van der Waals surface area contributed by atoms with Gasteiger partial charge in [-0.25, -0.2) is 0 Å². The van der Waals surface area contributed by atoms with E-state index < -0.39 is 0 Å². The molecule has 1 atom stereocenters. The first-order valence-corrected chi connectivity index (χ1v) is 8.37. The molecule has 116 valence electrons. The lowest BCUT2D eigenvalue weighted by Crippen LogP contribution is -2.18. The monoisotopic (exact) mass is 337 g/mol. The highest BCUT2D eigenvalue weighted by atomic mass is 35.5. The predicted molar refractivity (Wildman–Crippen MR) is 88.2 cm³/mol. The summed E-state index contributed by atoms with van der Waals surface area (Å²) >= 11 is 7.60. The van der Waals surface area contributed by atoms with Crippen molar-refractivity contribution in [1.82, 2.24) is 0 Å². The van der Waals surface area contributed by atoms with Gasteiger partial charge < -0.3 is 14.8 Å². The fourth-order valence-corrected chi connectivity index (χ4v) is 3.15. The lowest BCUT2D eigenvalue weighted by Gasteiger charge is -2.16. The number of thiophene rings is 1. The van der Waals surface area contributed by atoms with E-state index in [1.807, 2.05) is 11.4 Å². The van der Waals surface area contributed by atoms with Gasteiger partial charge in [-0.05, 0) is 36.4 Å². The Hall–Kier alpha value is -1.56. The molecule has 0 radical (unpaired) electrons. The summed E-state index contributed by atoms with van der Waals surface area (Å²) in [6.07, 6.45) is 2.14. The summed E-state index contributed by atoms with van der Waals surface area (Å²) in [6, 6.07) is 8.92. The zero-order valence-electron chi connectivity index (χ0n) is 11.9. The van der Waals surface area contributed by atoms with Crippen molar-refractivity contribution in [1.29, 1.82) is 0 Å². The van der Waals surface area contributed by atoms with Gasteiger partial charge in [0.2, 0.25) is 0 Å². The minimum absolute atomic E-state index is 0.0946. The highest BCUT2D eigenvalue weighted by molar-refractivity contribution is 7.12. The van der Waals surface area contributed by atoms with Crippen molar-refractivity contribution in [2.45, 2.75) is 18.9 Å². The Labute approximate surface area is 138 Å². The standard InChI is InChI=1S/C16H16ClNO3S/c17-12-5-1-6-13(18-16(19)14-7-3-9-22-14)15(12)21-10-11-4-2-8-20-11/h1,3,5-7,9,11H,2,4,8,10H2,(H,18,19). The van der Waals surface area contributed by atoms with Crippen LogP contribution < -0.4 is 10.1 Å². The van der Waals surface area contributed by atoms with Crippen molar-refractivity contribution in [3.8, 4) is 5.75 Å². The van der Waals surface area contributed by atoms with E-state index in [0.717, 1.165) is 19.4 Å². The Bertz CT molecular complexity index is 639. The lowest BCUT2D eigenvalue weighted by molar-refractivity contribution is 0.0682. The van der Waals surface area contributed by atoms with Crippen molar-refractivity contribution < 1.29 is 14.3 Å². The first-order chi connectivity index (χ1) is 10.7. The highest BCUT2D eigenvalue weighted by Gasteiger charge is 2.19. The number of carbonyl (C=O) groups excluding carboxylic acids is 1. The summed E-state index contributed by atoms with van der Waals surface area (Å²) in [4.78, 5) is 12.8. The molecule has 6 heteroatoms. The summed E-state index contributed by atoms with van der Waals surface area (Å²) in [5.74, 6) is 0.323. The van der Waals surface area contributed by atoms with Crippen LogP contribution in [0.15, 0.2) is 35.7 Å². The van der Waals surface area contributed by atoms with Gasteiger partial charge in [0.1, 0.15) is 6.61 Å². The van der Waals surface area contributed by atoms with Crippen molar-refractivity contribution in [2.24, 2.45) is 0 Å². The molecule has 3 rings (SSSR count). The molecule has 1 aromatic heterocycles. The van der Waals surface area contributed by atoms with Crippen molar-refractivity contribution in [2.75, 3.05) is 18.5 Å². The SMILES string of the molecule is O=C(Nc1cccc(Cl)c1OCC1CCCO1)c1cccs1. The number of anilines is 1. The number of nitrogens with one attached hydrogen (secondary N) is 1. The molecule has 1 N–H and O–H groups in total. The molecule has 1 saturated heterocycles. The second-order valence-corrected chi connectivity index (χ2v) is 6.35. The van der Waals surface area contributed by atoms with Crippen LogP contribution in [0.4, 0.5) is 5.69 Å². The smallest absolute Gasteiger partial charge is 0.265 e. The van der Waals surface area contributed by atoms with Crippen LogP contribution in [0.3, 0.4) is 0 Å². The molecule has 0 aliphatic carbocycles. The number of hydrogen-bond acceptors (Lipinski definition) is 4. The number of hydrogen-bond donors (Lipinski definition) is 1. The number of amides is 1. The number of rotatable bonds is 5. The second kappa shape index (κ2) is 7.13. The van der Waals surface area contributed by atoms with Crippen LogP contribution in [0, 0.1) is 0 Å². The van der Waals surface area contributed by atoms with Gasteiger partial charge in [0, 0.05) is 6.61 Å². The summed E-state index contributed by atoms with van der Waals surface area (Å²) in [7, 11) is 0. The van der Waals surface area contributed by atoms with E-state index >= 15 is 0 Å². The molecule has 0 saturated carbocycles. The molecule has 2 aromatic rings. The van der Waals surface area contributed by atoms with E-state index in [9.17, 15) is 4.79 Å². The van der Waals surface area contributed by atoms with Gasteiger partial charge in [0.15, 0.2) is 5.75 Å². The molecular weight excluding hydrogens is 322 g/mol. The third-order valence-electron chi connectivity index (χ3n) is 3.40. The molecule has 1 fully saturated rings. The van der Waals surface area contributed by atoms with Crippen LogP contribution >= 0.6 is 22.9 Å². The highest BCUT2D eigenvalue weighted by Crippen LogP contribution is 2.34. The second-order valence-electron chi connectivity index (χ2n) is 4.99. The van der Waals surface area contributed by atoms with Crippen LogP contribution in [0.1, 0.15) is 22.5 Å². The van der Waals surface area contributed by atoms with E-state index in [-0.39, 0.29) is 12.0 Å². The maximum absolute atomic E-state index is 12.2. The maximum atomic E-state index is 12.2. The molecule has 0 spiro atoms. The van der Waals surface area contributed by atoms with Crippen molar-refractivity contribution in [3.63, 3.8) is 0 Å². The average Bonchev–Trinajstić information content (AvgIpc) is 3.20. The van der Waals surface area contributed by atoms with Crippen LogP contribution in [-0.2, 0) is 4.74 Å². The average molecular weight is 338 g/mol. The number of benzene rings is 1. The number of para-hydroxylation sites is 1. The first-order valence-electron chi connectivity index (χ1n) is 7.12. The van der Waals surface area contributed by atoms with Gasteiger partial charge in [-0.15, -0.1) is 11.3 Å². The third-order valence-corrected chi connectivity index (χ3v) is 4.56. The molecule has 4 nitrogen and oxygen atoms in total. The van der Waals surface area contributed by atoms with Crippen LogP contribution in [-0.4, -0.2) is 25.2 Å². The molecule has 1 amide bonds. The third kappa shape index (κ3) is 3.61. The fraction of sp³-hybridized carbons (Fsp3) is 0.312. The summed E-state index contributed by atoms with van der Waals surface area (Å²) in [5, 5.41) is 5.19. The minimum Gasteiger partial charge on any atom is -0.487 e. The first kappa shape index (κ1) is 15.3. The van der Waals surface area contributed by atoms with E-state index in [4.69, 9.17) is 21.1 Å². The molecule has 1 aliphatic rings. The van der Waals surface area contributed by atoms with E-state index in [0.29, 0.717) is 27.9 Å². The molecule has 1 unspecified atom stereocenters. The topological polar surface area (TPSA) is 47.6 Å². The largest absolute Gasteiger partial charge is 0.487 e. The number of carbonyl (C=O) groups is 1. The van der Waals surface area contributed by atoms with Crippen LogP contribution in [0.25, 0.3) is 0 Å². The number of ether oxygens (including phenoxy) is 2. The fourth-order valence-electron chi connectivity index (χ4n) is 2.30. The minimum atomic E-state index is -0.167. The van der Waals surface area contributed by atoms with Gasteiger partial charge in [0.05, 0.1) is 21.7 Å². The van der Waals surface area contributed by atoms with Gasteiger partial charge in [0.25, 0.3) is 5.91 Å².